The van der Waals surface area contributed by atoms with Crippen molar-refractivity contribution in [2.24, 2.45) is 7.05 Å². The molecule has 2 aromatic rings. The molecule has 0 radical (unpaired) electrons. The Labute approximate surface area is 135 Å². The van der Waals surface area contributed by atoms with Gasteiger partial charge in [0.1, 0.15) is 6.54 Å². The van der Waals surface area contributed by atoms with Gasteiger partial charge in [0.2, 0.25) is 0 Å². The lowest BCUT2D eigenvalue weighted by Crippen LogP contribution is -2.44. The number of hydrogen-bond donors (Lipinski definition) is 3. The van der Waals surface area contributed by atoms with E-state index in [1.807, 2.05) is 23.9 Å². The van der Waals surface area contributed by atoms with Crippen LogP contribution in [0.3, 0.4) is 0 Å². The Morgan fingerprint density at radius 2 is 1.88 bits per heavy atom. The molecule has 1 atom stereocenters. The highest BCUT2D eigenvalue weighted by molar-refractivity contribution is 6.35. The minimum atomic E-state index is -4.60. The maximum absolute atomic E-state index is 12.0. The second kappa shape index (κ2) is 6.91. The van der Waals surface area contributed by atoms with Crippen LogP contribution in [0, 0.1) is 0 Å². The third kappa shape index (κ3) is 4.48. The van der Waals surface area contributed by atoms with Crippen LogP contribution >= 0.6 is 0 Å². The summed E-state index contributed by atoms with van der Waals surface area (Å²) in [6, 6.07) is 7.05. The minimum Gasteiger partial charge on any atom is -0.387 e. The quantitative estimate of drug-likeness (QED) is 0.725. The number of nitrogens with one attached hydrogen (secondary N) is 2. The van der Waals surface area contributed by atoms with Crippen LogP contribution in [0.1, 0.15) is 11.7 Å². The third-order valence-corrected chi connectivity index (χ3v) is 3.41. The van der Waals surface area contributed by atoms with Crippen molar-refractivity contribution in [1.82, 2.24) is 15.2 Å². The summed E-state index contributed by atoms with van der Waals surface area (Å²) in [5.74, 6) is -2.64. The van der Waals surface area contributed by atoms with Crippen LogP contribution in [0.2, 0.25) is 0 Å². The number of benzene rings is 1. The highest BCUT2D eigenvalue weighted by atomic mass is 19.4. The third-order valence-electron chi connectivity index (χ3n) is 3.41. The molecular formula is C15H16F3N3O3. The zero-order chi connectivity index (χ0) is 17.9. The van der Waals surface area contributed by atoms with E-state index in [0.717, 1.165) is 10.9 Å². The van der Waals surface area contributed by atoms with Crippen molar-refractivity contribution in [2.45, 2.75) is 12.3 Å². The predicted octanol–water partition coefficient (Wildman–Crippen LogP) is 1.01. The average Bonchev–Trinajstić information content (AvgIpc) is 2.89. The van der Waals surface area contributed by atoms with Crippen molar-refractivity contribution in [2.75, 3.05) is 13.1 Å². The number of fused-ring (bicyclic) bond motifs is 1. The standard InChI is InChI=1S/C15H16F3N3O3/c1-21-5-4-9-6-10(2-3-11(9)21)12(22)7-19-13(23)14(24)20-8-15(16,17)18/h2-6,12,22H,7-8H2,1H3,(H,19,23)(H,20,24). The first-order valence-corrected chi connectivity index (χ1v) is 7.03. The second-order valence-electron chi connectivity index (χ2n) is 5.27. The molecular weight excluding hydrogens is 327 g/mol. The summed E-state index contributed by atoms with van der Waals surface area (Å²) >= 11 is 0. The van der Waals surface area contributed by atoms with E-state index in [9.17, 15) is 27.9 Å². The second-order valence-corrected chi connectivity index (χ2v) is 5.27. The largest absolute Gasteiger partial charge is 0.405 e. The van der Waals surface area contributed by atoms with E-state index in [4.69, 9.17) is 0 Å². The summed E-state index contributed by atoms with van der Waals surface area (Å²) in [5, 5.41) is 14.5. The molecule has 1 heterocycles. The summed E-state index contributed by atoms with van der Waals surface area (Å²) in [4.78, 5) is 22.6. The first kappa shape index (κ1) is 17.8. The normalized spacial score (nSPS) is 12.9. The average molecular weight is 343 g/mol. The highest BCUT2D eigenvalue weighted by Crippen LogP contribution is 2.20. The fourth-order valence-electron chi connectivity index (χ4n) is 2.16. The predicted molar refractivity (Wildman–Crippen MR) is 80.0 cm³/mol. The molecule has 0 fully saturated rings. The first-order chi connectivity index (χ1) is 11.2. The number of aliphatic hydroxyl groups is 1. The molecule has 0 aliphatic carbocycles. The topological polar surface area (TPSA) is 83.4 Å². The summed E-state index contributed by atoms with van der Waals surface area (Å²) in [5.41, 5.74) is 1.48. The molecule has 0 aliphatic heterocycles. The number of nitrogens with zero attached hydrogens (tertiary/aromatic N) is 1. The molecule has 24 heavy (non-hydrogen) atoms. The number of aryl methyl sites for hydroxylation is 1. The molecule has 0 aliphatic rings. The van der Waals surface area contributed by atoms with E-state index in [2.05, 4.69) is 5.32 Å². The Bertz CT molecular complexity index is 755. The fraction of sp³-hybridized carbons (Fsp3) is 0.333. The first-order valence-electron chi connectivity index (χ1n) is 7.03. The number of rotatable bonds is 4. The van der Waals surface area contributed by atoms with E-state index < -0.39 is 30.6 Å². The number of amides is 2. The van der Waals surface area contributed by atoms with E-state index >= 15 is 0 Å². The van der Waals surface area contributed by atoms with Crippen molar-refractivity contribution >= 4 is 22.7 Å². The number of aliphatic hydroxyl groups excluding tert-OH is 1. The minimum absolute atomic E-state index is 0.295. The van der Waals surface area contributed by atoms with Crippen LogP contribution in [0.15, 0.2) is 30.5 Å². The van der Waals surface area contributed by atoms with Gasteiger partial charge < -0.3 is 20.3 Å². The van der Waals surface area contributed by atoms with Gasteiger partial charge in [0.25, 0.3) is 0 Å². The molecule has 1 aromatic carbocycles. The Hall–Kier alpha value is -2.55. The van der Waals surface area contributed by atoms with E-state index in [-0.39, 0.29) is 6.54 Å². The lowest BCUT2D eigenvalue weighted by Gasteiger charge is -2.13. The zero-order valence-corrected chi connectivity index (χ0v) is 12.7. The van der Waals surface area contributed by atoms with Crippen molar-refractivity contribution in [3.05, 3.63) is 36.0 Å². The van der Waals surface area contributed by atoms with Gasteiger partial charge in [-0.25, -0.2) is 0 Å². The highest BCUT2D eigenvalue weighted by Gasteiger charge is 2.29. The fourth-order valence-corrected chi connectivity index (χ4v) is 2.16. The monoisotopic (exact) mass is 343 g/mol. The molecule has 2 rings (SSSR count). The van der Waals surface area contributed by atoms with Gasteiger partial charge in [0, 0.05) is 25.3 Å². The van der Waals surface area contributed by atoms with E-state index in [1.54, 1.807) is 18.2 Å². The van der Waals surface area contributed by atoms with Gasteiger partial charge in [0.05, 0.1) is 6.10 Å². The van der Waals surface area contributed by atoms with Crippen LogP contribution in [0.4, 0.5) is 13.2 Å². The number of hydrogen-bond acceptors (Lipinski definition) is 3. The van der Waals surface area contributed by atoms with Gasteiger partial charge in [-0.1, -0.05) is 6.07 Å². The maximum atomic E-state index is 12.0. The summed E-state index contributed by atoms with van der Waals surface area (Å²) in [6.07, 6.45) is -3.83. The SMILES string of the molecule is Cn1ccc2cc(C(O)CNC(=O)C(=O)NCC(F)(F)F)ccc21. The van der Waals surface area contributed by atoms with Gasteiger partial charge in [-0.2, -0.15) is 13.2 Å². The number of alkyl halides is 3. The Morgan fingerprint density at radius 1 is 1.21 bits per heavy atom. The zero-order valence-electron chi connectivity index (χ0n) is 12.7. The molecule has 0 spiro atoms. The molecule has 0 saturated heterocycles. The molecule has 1 unspecified atom stereocenters. The molecule has 0 saturated carbocycles. The molecule has 3 N–H and O–H groups in total. The van der Waals surface area contributed by atoms with Gasteiger partial charge in [0.15, 0.2) is 0 Å². The van der Waals surface area contributed by atoms with Gasteiger partial charge in [-0.3, -0.25) is 9.59 Å². The van der Waals surface area contributed by atoms with Crippen LogP contribution < -0.4 is 10.6 Å². The Balaban J connectivity index is 1.90. The van der Waals surface area contributed by atoms with E-state index in [1.165, 1.54) is 5.32 Å². The number of carbonyl (C=O) groups is 2. The summed E-state index contributed by atoms with van der Waals surface area (Å²) in [6.45, 7) is -1.89. The van der Waals surface area contributed by atoms with Crippen molar-refractivity contribution in [1.29, 1.82) is 0 Å². The van der Waals surface area contributed by atoms with E-state index in [0.29, 0.717) is 5.56 Å². The molecule has 1 aromatic heterocycles. The summed E-state index contributed by atoms with van der Waals surface area (Å²) in [7, 11) is 1.87. The summed E-state index contributed by atoms with van der Waals surface area (Å²) < 4.78 is 37.8. The molecule has 6 nitrogen and oxygen atoms in total. The van der Waals surface area contributed by atoms with Crippen LogP contribution in [0.5, 0.6) is 0 Å². The maximum Gasteiger partial charge on any atom is 0.405 e. The van der Waals surface area contributed by atoms with Crippen molar-refractivity contribution in [3.63, 3.8) is 0 Å². The number of aromatic nitrogens is 1. The molecule has 130 valence electrons. The number of halogens is 3. The molecule has 2 amide bonds. The van der Waals surface area contributed by atoms with Crippen LogP contribution in [-0.2, 0) is 16.6 Å². The Morgan fingerprint density at radius 3 is 2.54 bits per heavy atom. The lowest BCUT2D eigenvalue weighted by molar-refractivity contribution is -0.146. The smallest absolute Gasteiger partial charge is 0.387 e. The van der Waals surface area contributed by atoms with Crippen molar-refractivity contribution in [3.8, 4) is 0 Å². The van der Waals surface area contributed by atoms with Gasteiger partial charge in [-0.15, -0.1) is 0 Å². The van der Waals surface area contributed by atoms with Crippen LogP contribution in [0.25, 0.3) is 10.9 Å². The van der Waals surface area contributed by atoms with Crippen molar-refractivity contribution < 1.29 is 27.9 Å². The Kier molecular flexibility index (Phi) is 5.13. The van der Waals surface area contributed by atoms with Crippen LogP contribution in [-0.4, -0.2) is 40.8 Å². The molecule has 0 bridgehead atoms. The van der Waals surface area contributed by atoms with Gasteiger partial charge in [-0.05, 0) is 29.1 Å². The lowest BCUT2D eigenvalue weighted by atomic mass is 10.1. The molecule has 9 heteroatoms. The number of carbonyl (C=O) groups excluding carboxylic acids is 2. The van der Waals surface area contributed by atoms with Gasteiger partial charge >= 0.3 is 18.0 Å².